The molecular weight excluding hydrogens is 439 g/mol. The highest BCUT2D eigenvalue weighted by molar-refractivity contribution is 6.30. The summed E-state index contributed by atoms with van der Waals surface area (Å²) in [4.78, 5) is 12.1. The van der Waals surface area contributed by atoms with Gasteiger partial charge in [-0.1, -0.05) is 72.3 Å². The van der Waals surface area contributed by atoms with Crippen molar-refractivity contribution in [2.45, 2.75) is 12.1 Å². The Labute approximate surface area is 188 Å². The van der Waals surface area contributed by atoms with Crippen LogP contribution in [0.2, 0.25) is 5.02 Å². The van der Waals surface area contributed by atoms with E-state index in [1.165, 1.54) is 24.3 Å². The molecule has 0 unspecified atom stereocenters. The Bertz CT molecular complexity index is 1130. The molecule has 1 N–H and O–H groups in total. The van der Waals surface area contributed by atoms with Gasteiger partial charge in [0.15, 0.2) is 0 Å². The van der Waals surface area contributed by atoms with E-state index in [4.69, 9.17) is 16.3 Å². The molecule has 1 aliphatic rings. The van der Waals surface area contributed by atoms with Crippen LogP contribution in [0.3, 0.4) is 0 Å². The van der Waals surface area contributed by atoms with Gasteiger partial charge >= 0.3 is 12.3 Å². The molecule has 0 heterocycles. The van der Waals surface area contributed by atoms with Gasteiger partial charge in [0.05, 0.1) is 5.56 Å². The van der Waals surface area contributed by atoms with E-state index >= 15 is 0 Å². The maximum absolute atomic E-state index is 13.1. The molecule has 0 atom stereocenters. The van der Waals surface area contributed by atoms with Gasteiger partial charge in [-0.2, -0.15) is 13.2 Å². The number of hydrogen-bond acceptors (Lipinski definition) is 2. The van der Waals surface area contributed by atoms with Crippen molar-refractivity contribution in [2.24, 2.45) is 0 Å². The molecule has 4 rings (SSSR count). The van der Waals surface area contributed by atoms with Gasteiger partial charge in [0, 0.05) is 17.5 Å². The Hall–Kier alpha value is -3.25. The number of halogens is 4. The van der Waals surface area contributed by atoms with E-state index in [2.05, 4.69) is 5.32 Å². The minimum absolute atomic E-state index is 0.0144. The molecule has 3 aromatic rings. The number of rotatable bonds is 5. The lowest BCUT2D eigenvalue weighted by Crippen LogP contribution is -2.26. The number of alkyl carbamates (subject to hydrolysis) is 1. The van der Waals surface area contributed by atoms with E-state index in [-0.39, 0.29) is 29.7 Å². The highest BCUT2D eigenvalue weighted by Gasteiger charge is 2.32. The summed E-state index contributed by atoms with van der Waals surface area (Å²) < 4.78 is 44.7. The molecule has 0 aliphatic heterocycles. The maximum atomic E-state index is 13.1. The van der Waals surface area contributed by atoms with Crippen molar-refractivity contribution in [3.63, 3.8) is 0 Å². The lowest BCUT2D eigenvalue weighted by Gasteiger charge is -2.14. The van der Waals surface area contributed by atoms with E-state index in [1.807, 2.05) is 48.5 Å². The van der Waals surface area contributed by atoms with Crippen molar-refractivity contribution >= 4 is 23.8 Å². The molecule has 7 heteroatoms. The molecule has 3 aromatic carbocycles. The first-order valence-corrected chi connectivity index (χ1v) is 10.3. The van der Waals surface area contributed by atoms with Crippen molar-refractivity contribution in [2.75, 3.05) is 13.2 Å². The number of carbonyl (C=O) groups excluding carboxylic acids is 1. The molecule has 0 saturated heterocycles. The second kappa shape index (κ2) is 9.09. The van der Waals surface area contributed by atoms with Crippen LogP contribution >= 0.6 is 11.6 Å². The Morgan fingerprint density at radius 1 is 1.00 bits per heavy atom. The molecule has 32 heavy (non-hydrogen) atoms. The van der Waals surface area contributed by atoms with Crippen molar-refractivity contribution in [1.29, 1.82) is 0 Å². The molecule has 0 bridgehead atoms. The predicted molar refractivity (Wildman–Crippen MR) is 119 cm³/mol. The fourth-order valence-corrected chi connectivity index (χ4v) is 4.09. The number of alkyl halides is 3. The number of amides is 1. The molecule has 0 aromatic heterocycles. The van der Waals surface area contributed by atoms with Crippen LogP contribution in [0.1, 0.15) is 28.2 Å². The minimum atomic E-state index is -4.50. The quantitative estimate of drug-likeness (QED) is 0.452. The fourth-order valence-electron chi connectivity index (χ4n) is 3.91. The SMILES string of the molecule is O=C(NCC=Cc1cc(Cl)ccc1C(F)(F)F)OCC1c2ccccc2-c2ccccc21. The van der Waals surface area contributed by atoms with Crippen molar-refractivity contribution in [3.05, 3.63) is 100 Å². The molecule has 3 nitrogen and oxygen atoms in total. The molecule has 1 amide bonds. The summed E-state index contributed by atoms with van der Waals surface area (Å²) in [5.41, 5.74) is 3.59. The van der Waals surface area contributed by atoms with Crippen LogP contribution in [-0.2, 0) is 10.9 Å². The van der Waals surface area contributed by atoms with Crippen LogP contribution in [0.15, 0.2) is 72.8 Å². The monoisotopic (exact) mass is 457 g/mol. The van der Waals surface area contributed by atoms with Crippen LogP contribution in [-0.4, -0.2) is 19.2 Å². The third-order valence-corrected chi connectivity index (χ3v) is 5.56. The highest BCUT2D eigenvalue weighted by Crippen LogP contribution is 2.44. The third-order valence-electron chi connectivity index (χ3n) is 5.32. The summed E-state index contributed by atoms with van der Waals surface area (Å²) in [7, 11) is 0. The zero-order chi connectivity index (χ0) is 22.7. The first-order valence-electron chi connectivity index (χ1n) is 9.96. The van der Waals surface area contributed by atoms with Gasteiger partial charge < -0.3 is 10.1 Å². The Kier molecular flexibility index (Phi) is 6.24. The molecule has 0 radical (unpaired) electrons. The van der Waals surface area contributed by atoms with Crippen molar-refractivity contribution in [3.8, 4) is 11.1 Å². The van der Waals surface area contributed by atoms with Crippen LogP contribution in [0.4, 0.5) is 18.0 Å². The topological polar surface area (TPSA) is 38.3 Å². The Balaban J connectivity index is 1.36. The maximum Gasteiger partial charge on any atom is 0.416 e. The molecule has 1 aliphatic carbocycles. The number of fused-ring (bicyclic) bond motifs is 3. The van der Waals surface area contributed by atoms with Crippen molar-refractivity contribution in [1.82, 2.24) is 5.32 Å². The van der Waals surface area contributed by atoms with E-state index < -0.39 is 17.8 Å². The summed E-state index contributed by atoms with van der Waals surface area (Å²) >= 11 is 5.81. The standard InChI is InChI=1S/C25H19ClF3NO2/c26-17-11-12-23(25(27,28)29)16(14-17)6-5-13-30-24(31)32-15-22-20-9-3-1-7-18(20)19-8-2-4-10-21(19)22/h1-12,14,22H,13,15H2,(H,30,31). The Morgan fingerprint density at radius 3 is 2.25 bits per heavy atom. The number of nitrogens with one attached hydrogen (secondary N) is 1. The molecular formula is C25H19ClF3NO2. The van der Waals surface area contributed by atoms with E-state index in [1.54, 1.807) is 0 Å². The van der Waals surface area contributed by atoms with Gasteiger partial charge in [0.25, 0.3) is 0 Å². The number of ether oxygens (including phenoxy) is 1. The molecule has 0 spiro atoms. The smallest absolute Gasteiger partial charge is 0.416 e. The summed E-state index contributed by atoms with van der Waals surface area (Å²) in [5.74, 6) is -0.0653. The van der Waals surface area contributed by atoms with E-state index in [0.29, 0.717) is 0 Å². The van der Waals surface area contributed by atoms with Crippen molar-refractivity contribution < 1.29 is 22.7 Å². The van der Waals surface area contributed by atoms with Crippen LogP contribution in [0.5, 0.6) is 0 Å². The van der Waals surface area contributed by atoms with E-state index in [9.17, 15) is 18.0 Å². The normalized spacial score (nSPS) is 13.1. The van der Waals surface area contributed by atoms with Gasteiger partial charge in [-0.3, -0.25) is 0 Å². The highest BCUT2D eigenvalue weighted by atomic mass is 35.5. The van der Waals surface area contributed by atoms with E-state index in [0.717, 1.165) is 28.3 Å². The predicted octanol–water partition coefficient (Wildman–Crippen LogP) is 6.91. The molecule has 0 saturated carbocycles. The number of hydrogen-bond donors (Lipinski definition) is 1. The van der Waals surface area contributed by atoms with Gasteiger partial charge in [-0.25, -0.2) is 4.79 Å². The zero-order valence-electron chi connectivity index (χ0n) is 16.8. The third kappa shape index (κ3) is 4.65. The molecule has 0 fully saturated rings. The zero-order valence-corrected chi connectivity index (χ0v) is 17.6. The second-order valence-corrected chi connectivity index (χ2v) is 7.77. The van der Waals surface area contributed by atoms with Crippen LogP contribution < -0.4 is 5.32 Å². The van der Waals surface area contributed by atoms with Gasteiger partial charge in [-0.15, -0.1) is 0 Å². The number of benzene rings is 3. The lowest BCUT2D eigenvalue weighted by atomic mass is 9.98. The summed E-state index contributed by atoms with van der Waals surface area (Å²) in [6, 6.07) is 19.3. The lowest BCUT2D eigenvalue weighted by molar-refractivity contribution is -0.137. The Morgan fingerprint density at radius 2 is 1.62 bits per heavy atom. The molecule has 164 valence electrons. The largest absolute Gasteiger partial charge is 0.449 e. The first kappa shape index (κ1) is 22.0. The summed E-state index contributed by atoms with van der Waals surface area (Å²) in [5, 5.41) is 2.73. The minimum Gasteiger partial charge on any atom is -0.449 e. The van der Waals surface area contributed by atoms with Gasteiger partial charge in [0.1, 0.15) is 6.61 Å². The first-order chi connectivity index (χ1) is 15.3. The average Bonchev–Trinajstić information content (AvgIpc) is 3.08. The fraction of sp³-hybridized carbons (Fsp3) is 0.160. The summed E-state index contributed by atoms with van der Waals surface area (Å²) in [6.07, 6.45) is -2.44. The van der Waals surface area contributed by atoms with Crippen LogP contribution in [0, 0.1) is 0 Å². The second-order valence-electron chi connectivity index (χ2n) is 7.34. The van der Waals surface area contributed by atoms with Gasteiger partial charge in [0.2, 0.25) is 0 Å². The number of carbonyl (C=O) groups is 1. The summed E-state index contributed by atoms with van der Waals surface area (Å²) in [6.45, 7) is 0.177. The van der Waals surface area contributed by atoms with Crippen LogP contribution in [0.25, 0.3) is 17.2 Å². The van der Waals surface area contributed by atoms with Gasteiger partial charge in [-0.05, 0) is 46.0 Å². The average molecular weight is 458 g/mol.